The zero-order valence-electron chi connectivity index (χ0n) is 10.6. The molecule has 1 aromatic heterocycles. The van der Waals surface area contributed by atoms with Crippen LogP contribution in [-0.2, 0) is 0 Å². The molecule has 1 saturated heterocycles. The van der Waals surface area contributed by atoms with Gasteiger partial charge >= 0.3 is 0 Å². The zero-order chi connectivity index (χ0) is 12.5. The second-order valence-electron chi connectivity index (χ2n) is 5.14. The molecule has 1 saturated carbocycles. The molecular weight excluding hydrogens is 228 g/mol. The predicted molar refractivity (Wildman–Crippen MR) is 68.6 cm³/mol. The van der Waals surface area contributed by atoms with Gasteiger partial charge in [-0.05, 0) is 38.7 Å². The van der Waals surface area contributed by atoms with Gasteiger partial charge in [-0.3, -0.25) is 4.79 Å². The van der Waals surface area contributed by atoms with Crippen LogP contribution in [0.15, 0.2) is 6.07 Å². The molecule has 1 aliphatic carbocycles. The third-order valence-corrected chi connectivity index (χ3v) is 3.38. The molecule has 1 amide bonds. The monoisotopic (exact) mass is 246 g/mol. The smallest absolute Gasteiger partial charge is 0.272 e. The number of rotatable bonds is 3. The molecule has 96 valence electrons. The van der Waals surface area contributed by atoms with E-state index < -0.39 is 0 Å². The molecule has 1 aliphatic heterocycles. The van der Waals surface area contributed by atoms with E-state index in [1.54, 1.807) is 6.07 Å². The largest absolute Gasteiger partial charge is 0.351 e. The molecule has 0 atom stereocenters. The highest BCUT2D eigenvalue weighted by Crippen LogP contribution is 2.23. The lowest BCUT2D eigenvalue weighted by Crippen LogP contribution is -2.28. The Bertz CT molecular complexity index is 464. The maximum Gasteiger partial charge on any atom is 0.272 e. The highest BCUT2D eigenvalue weighted by Gasteiger charge is 2.24. The van der Waals surface area contributed by atoms with Crippen molar-refractivity contribution >= 4 is 11.9 Å². The van der Waals surface area contributed by atoms with Crippen LogP contribution < -0.4 is 5.32 Å². The predicted octanol–water partition coefficient (Wildman–Crippen LogP) is 1.60. The Morgan fingerprint density at radius 3 is 2.72 bits per heavy atom. The first-order valence-corrected chi connectivity index (χ1v) is 6.64. The fourth-order valence-corrected chi connectivity index (χ4v) is 2.24. The van der Waals surface area contributed by atoms with Crippen molar-refractivity contribution in [2.75, 3.05) is 18.4 Å². The number of carbonyl (C=O) groups is 1. The summed E-state index contributed by atoms with van der Waals surface area (Å²) in [5, 5.41) is 3.25. The lowest BCUT2D eigenvalue weighted by atomic mass is 10.3. The number of likely N-dealkylation sites (tertiary alicyclic amines) is 1. The molecule has 0 unspecified atom stereocenters. The van der Waals surface area contributed by atoms with Gasteiger partial charge in [-0.15, -0.1) is 0 Å². The molecule has 1 N–H and O–H groups in total. The maximum absolute atomic E-state index is 12.3. The number of hydrogen-bond donors (Lipinski definition) is 1. The molecule has 3 rings (SSSR count). The number of aromatic nitrogens is 2. The summed E-state index contributed by atoms with van der Waals surface area (Å²) in [6, 6.07) is 2.28. The summed E-state index contributed by atoms with van der Waals surface area (Å²) in [4.78, 5) is 22.8. The van der Waals surface area contributed by atoms with Crippen molar-refractivity contribution in [1.82, 2.24) is 14.9 Å². The highest BCUT2D eigenvalue weighted by atomic mass is 16.2. The third kappa shape index (κ3) is 2.44. The Hall–Kier alpha value is -1.65. The van der Waals surface area contributed by atoms with Gasteiger partial charge in [0.15, 0.2) is 0 Å². The first-order valence-electron chi connectivity index (χ1n) is 6.64. The van der Waals surface area contributed by atoms with E-state index in [9.17, 15) is 4.79 Å². The number of anilines is 1. The molecule has 0 radical (unpaired) electrons. The topological polar surface area (TPSA) is 58.1 Å². The quantitative estimate of drug-likeness (QED) is 0.880. The van der Waals surface area contributed by atoms with Crippen LogP contribution in [0.4, 0.5) is 5.95 Å². The number of hydrogen-bond acceptors (Lipinski definition) is 4. The number of amides is 1. The van der Waals surface area contributed by atoms with Crippen molar-refractivity contribution < 1.29 is 4.79 Å². The molecule has 2 aliphatic rings. The molecule has 5 nitrogen and oxygen atoms in total. The summed E-state index contributed by atoms with van der Waals surface area (Å²) in [6.07, 6.45) is 4.55. The van der Waals surface area contributed by atoms with Gasteiger partial charge in [0.2, 0.25) is 5.95 Å². The minimum atomic E-state index is 0.0387. The molecule has 2 heterocycles. The fraction of sp³-hybridized carbons (Fsp3) is 0.615. The molecule has 0 aromatic carbocycles. The Kier molecular flexibility index (Phi) is 2.89. The van der Waals surface area contributed by atoms with Crippen molar-refractivity contribution in [2.24, 2.45) is 0 Å². The lowest BCUT2D eigenvalue weighted by molar-refractivity contribution is 0.0787. The summed E-state index contributed by atoms with van der Waals surface area (Å²) >= 11 is 0. The van der Waals surface area contributed by atoms with Crippen LogP contribution in [0, 0.1) is 6.92 Å². The van der Waals surface area contributed by atoms with Gasteiger partial charge in [-0.1, -0.05) is 0 Å². The van der Waals surface area contributed by atoms with E-state index >= 15 is 0 Å². The Labute approximate surface area is 107 Å². The summed E-state index contributed by atoms with van der Waals surface area (Å²) < 4.78 is 0. The van der Waals surface area contributed by atoms with Crippen LogP contribution in [0.3, 0.4) is 0 Å². The summed E-state index contributed by atoms with van der Waals surface area (Å²) in [7, 11) is 0. The van der Waals surface area contributed by atoms with Crippen molar-refractivity contribution in [2.45, 2.75) is 38.6 Å². The molecule has 5 heteroatoms. The summed E-state index contributed by atoms with van der Waals surface area (Å²) in [6.45, 7) is 3.61. The van der Waals surface area contributed by atoms with Crippen LogP contribution in [0.1, 0.15) is 41.9 Å². The van der Waals surface area contributed by atoms with Crippen LogP contribution in [0.2, 0.25) is 0 Å². The standard InChI is InChI=1S/C13H18N4O/c1-9-8-11(12(18)17-6-2-3-7-17)16-13(14-9)15-10-4-5-10/h8,10H,2-7H2,1H3,(H,14,15,16). The van der Waals surface area contributed by atoms with E-state index in [1.807, 2.05) is 11.8 Å². The van der Waals surface area contributed by atoms with Gasteiger partial charge in [0.1, 0.15) is 5.69 Å². The lowest BCUT2D eigenvalue weighted by Gasteiger charge is -2.15. The maximum atomic E-state index is 12.3. The molecule has 1 aromatic rings. The normalized spacial score (nSPS) is 19.1. The molecule has 18 heavy (non-hydrogen) atoms. The van der Waals surface area contributed by atoms with Crippen molar-refractivity contribution in [1.29, 1.82) is 0 Å². The van der Waals surface area contributed by atoms with Gasteiger partial charge in [0.25, 0.3) is 5.91 Å². The number of nitrogens with zero attached hydrogens (tertiary/aromatic N) is 3. The Morgan fingerprint density at radius 1 is 1.33 bits per heavy atom. The van der Waals surface area contributed by atoms with Crippen LogP contribution in [0.5, 0.6) is 0 Å². The zero-order valence-corrected chi connectivity index (χ0v) is 10.6. The van der Waals surface area contributed by atoms with E-state index in [2.05, 4.69) is 15.3 Å². The van der Waals surface area contributed by atoms with Gasteiger partial charge in [0, 0.05) is 24.8 Å². The average Bonchev–Trinajstić information content (AvgIpc) is 2.98. The summed E-state index contributed by atoms with van der Waals surface area (Å²) in [5.41, 5.74) is 1.36. The molecule has 0 bridgehead atoms. The Balaban J connectivity index is 1.80. The number of carbonyl (C=O) groups excluding carboxylic acids is 1. The third-order valence-electron chi connectivity index (χ3n) is 3.38. The minimum absolute atomic E-state index is 0.0387. The van der Waals surface area contributed by atoms with Crippen LogP contribution in [0.25, 0.3) is 0 Å². The number of aryl methyl sites for hydroxylation is 1. The molecule has 2 fully saturated rings. The van der Waals surface area contributed by atoms with E-state index in [4.69, 9.17) is 0 Å². The van der Waals surface area contributed by atoms with Gasteiger partial charge in [-0.25, -0.2) is 9.97 Å². The fourth-order valence-electron chi connectivity index (χ4n) is 2.24. The van der Waals surface area contributed by atoms with Crippen molar-refractivity contribution in [3.05, 3.63) is 17.5 Å². The van der Waals surface area contributed by atoms with Crippen molar-refractivity contribution in [3.63, 3.8) is 0 Å². The highest BCUT2D eigenvalue weighted by molar-refractivity contribution is 5.92. The van der Waals surface area contributed by atoms with E-state index in [0.29, 0.717) is 17.7 Å². The van der Waals surface area contributed by atoms with Gasteiger partial charge < -0.3 is 10.2 Å². The molecule has 0 spiro atoms. The minimum Gasteiger partial charge on any atom is -0.351 e. The second kappa shape index (κ2) is 4.55. The van der Waals surface area contributed by atoms with E-state index in [-0.39, 0.29) is 5.91 Å². The first-order chi connectivity index (χ1) is 8.72. The van der Waals surface area contributed by atoms with Crippen LogP contribution in [-0.4, -0.2) is 39.9 Å². The second-order valence-corrected chi connectivity index (χ2v) is 5.14. The average molecular weight is 246 g/mol. The van der Waals surface area contributed by atoms with E-state index in [1.165, 1.54) is 12.8 Å². The summed E-state index contributed by atoms with van der Waals surface area (Å²) in [5.74, 6) is 0.636. The van der Waals surface area contributed by atoms with Gasteiger partial charge in [-0.2, -0.15) is 0 Å². The van der Waals surface area contributed by atoms with Crippen molar-refractivity contribution in [3.8, 4) is 0 Å². The number of nitrogens with one attached hydrogen (secondary N) is 1. The van der Waals surface area contributed by atoms with Gasteiger partial charge in [0.05, 0.1) is 0 Å². The molecular formula is C13H18N4O. The van der Waals surface area contributed by atoms with Crippen LogP contribution >= 0.6 is 0 Å². The first kappa shape index (κ1) is 11.4. The van der Waals surface area contributed by atoms with E-state index in [0.717, 1.165) is 31.6 Å². The Morgan fingerprint density at radius 2 is 2.06 bits per heavy atom. The SMILES string of the molecule is Cc1cc(C(=O)N2CCCC2)nc(NC2CC2)n1.